The molecule has 0 amide bonds. The summed E-state index contributed by atoms with van der Waals surface area (Å²) in [5, 5.41) is 18.7. The molecular weight excluding hydrogens is 341 g/mol. The SMILES string of the molecule is CC(Cc1ccc(O)cc1)(Oc1ccc(OC(F)(F)F)cc1)C(=O)O. The number of aromatic hydroxyl groups is 1. The molecule has 1 atom stereocenters. The van der Waals surface area contributed by atoms with E-state index in [1.165, 1.54) is 31.2 Å². The topological polar surface area (TPSA) is 76.0 Å². The largest absolute Gasteiger partial charge is 0.573 e. The fourth-order valence-electron chi connectivity index (χ4n) is 2.13. The summed E-state index contributed by atoms with van der Waals surface area (Å²) < 4.78 is 45.7. The Balaban J connectivity index is 2.15. The van der Waals surface area contributed by atoms with Gasteiger partial charge in [0.15, 0.2) is 0 Å². The first kappa shape index (κ1) is 18.4. The molecule has 5 nitrogen and oxygen atoms in total. The number of carbonyl (C=O) groups is 1. The van der Waals surface area contributed by atoms with Crippen LogP contribution in [0.25, 0.3) is 0 Å². The number of halogens is 3. The van der Waals surface area contributed by atoms with Crippen molar-refractivity contribution in [1.29, 1.82) is 0 Å². The summed E-state index contributed by atoms with van der Waals surface area (Å²) in [5.41, 5.74) is -1.04. The molecule has 0 aliphatic heterocycles. The zero-order valence-corrected chi connectivity index (χ0v) is 13.1. The maximum absolute atomic E-state index is 12.1. The molecule has 2 aromatic carbocycles. The van der Waals surface area contributed by atoms with Gasteiger partial charge in [0.25, 0.3) is 0 Å². The van der Waals surface area contributed by atoms with Crippen LogP contribution in [0.4, 0.5) is 13.2 Å². The van der Waals surface area contributed by atoms with Crippen LogP contribution in [0, 0.1) is 0 Å². The predicted octanol–water partition coefficient (Wildman–Crippen LogP) is 3.76. The van der Waals surface area contributed by atoms with Crippen LogP contribution in [0.2, 0.25) is 0 Å². The molecule has 0 fully saturated rings. The second-order valence-corrected chi connectivity index (χ2v) is 5.50. The maximum Gasteiger partial charge on any atom is 0.573 e. The number of carboxylic acids is 1. The van der Waals surface area contributed by atoms with Crippen molar-refractivity contribution < 1.29 is 37.7 Å². The van der Waals surface area contributed by atoms with Crippen molar-refractivity contribution in [2.45, 2.75) is 25.3 Å². The summed E-state index contributed by atoms with van der Waals surface area (Å²) in [6.45, 7) is 1.35. The standard InChI is InChI=1S/C17H15F3O5/c1-16(15(22)23,10-11-2-4-12(21)5-3-11)24-13-6-8-14(9-7-13)25-17(18,19)20/h2-9,21H,10H2,1H3,(H,22,23). The van der Waals surface area contributed by atoms with Crippen LogP contribution in [-0.4, -0.2) is 28.1 Å². The number of ether oxygens (including phenoxy) is 2. The van der Waals surface area contributed by atoms with E-state index < -0.39 is 23.7 Å². The quantitative estimate of drug-likeness (QED) is 0.824. The highest BCUT2D eigenvalue weighted by atomic mass is 19.4. The van der Waals surface area contributed by atoms with Crippen molar-refractivity contribution in [3.63, 3.8) is 0 Å². The van der Waals surface area contributed by atoms with Crippen molar-refractivity contribution >= 4 is 5.97 Å². The normalized spacial score (nSPS) is 13.8. The minimum absolute atomic E-state index is 0.0105. The molecule has 0 aliphatic carbocycles. The lowest BCUT2D eigenvalue weighted by Gasteiger charge is -2.26. The molecule has 0 saturated heterocycles. The average Bonchev–Trinajstić information content (AvgIpc) is 2.50. The average molecular weight is 356 g/mol. The van der Waals surface area contributed by atoms with Gasteiger partial charge in [0, 0.05) is 6.42 Å². The highest BCUT2D eigenvalue weighted by molar-refractivity contribution is 5.78. The van der Waals surface area contributed by atoms with Crippen LogP contribution < -0.4 is 9.47 Å². The van der Waals surface area contributed by atoms with E-state index >= 15 is 0 Å². The number of alkyl halides is 3. The summed E-state index contributed by atoms with van der Waals surface area (Å²) >= 11 is 0. The Morgan fingerprint density at radius 2 is 1.44 bits per heavy atom. The monoisotopic (exact) mass is 356 g/mol. The molecule has 134 valence electrons. The summed E-state index contributed by atoms with van der Waals surface area (Å²) in [6, 6.07) is 10.4. The van der Waals surface area contributed by atoms with Crippen molar-refractivity contribution in [1.82, 2.24) is 0 Å². The Morgan fingerprint density at radius 3 is 1.88 bits per heavy atom. The first-order chi connectivity index (χ1) is 11.6. The third-order valence-electron chi connectivity index (χ3n) is 3.33. The molecule has 1 unspecified atom stereocenters. The smallest absolute Gasteiger partial charge is 0.508 e. The Hall–Kier alpha value is -2.90. The molecule has 2 rings (SSSR count). The molecule has 0 aromatic heterocycles. The maximum atomic E-state index is 12.1. The Kier molecular flexibility index (Phi) is 5.10. The van der Waals surface area contributed by atoms with Gasteiger partial charge in [-0.05, 0) is 48.9 Å². The van der Waals surface area contributed by atoms with Crippen LogP contribution in [0.15, 0.2) is 48.5 Å². The van der Waals surface area contributed by atoms with E-state index in [9.17, 15) is 28.2 Å². The van der Waals surface area contributed by atoms with Gasteiger partial charge in [0.05, 0.1) is 0 Å². The third-order valence-corrected chi connectivity index (χ3v) is 3.33. The number of benzene rings is 2. The van der Waals surface area contributed by atoms with E-state index in [1.54, 1.807) is 12.1 Å². The van der Waals surface area contributed by atoms with Gasteiger partial charge in [-0.3, -0.25) is 0 Å². The summed E-state index contributed by atoms with van der Waals surface area (Å²) in [6.07, 6.45) is -4.82. The first-order valence-corrected chi connectivity index (χ1v) is 7.13. The number of hydrogen-bond donors (Lipinski definition) is 2. The second-order valence-electron chi connectivity index (χ2n) is 5.50. The minimum atomic E-state index is -4.81. The van der Waals surface area contributed by atoms with Gasteiger partial charge >= 0.3 is 12.3 Å². The van der Waals surface area contributed by atoms with Gasteiger partial charge < -0.3 is 19.7 Å². The molecule has 25 heavy (non-hydrogen) atoms. The van der Waals surface area contributed by atoms with E-state index in [4.69, 9.17) is 4.74 Å². The zero-order chi connectivity index (χ0) is 18.7. The molecular formula is C17H15F3O5. The fourth-order valence-corrected chi connectivity index (χ4v) is 2.13. The molecule has 0 radical (unpaired) electrons. The van der Waals surface area contributed by atoms with Crippen molar-refractivity contribution in [3.05, 3.63) is 54.1 Å². The molecule has 2 N–H and O–H groups in total. The summed E-state index contributed by atoms with van der Waals surface area (Å²) in [4.78, 5) is 11.6. The zero-order valence-electron chi connectivity index (χ0n) is 13.1. The third kappa shape index (κ3) is 5.30. The van der Waals surface area contributed by atoms with Gasteiger partial charge in [-0.15, -0.1) is 13.2 Å². The Morgan fingerprint density at radius 1 is 0.960 bits per heavy atom. The number of phenolic OH excluding ortho intramolecular Hbond substituents is 1. The molecule has 0 spiro atoms. The predicted molar refractivity (Wildman–Crippen MR) is 81.6 cm³/mol. The first-order valence-electron chi connectivity index (χ1n) is 7.13. The van der Waals surface area contributed by atoms with Crippen LogP contribution in [0.5, 0.6) is 17.2 Å². The number of hydrogen-bond acceptors (Lipinski definition) is 4. The minimum Gasteiger partial charge on any atom is -0.508 e. The van der Waals surface area contributed by atoms with Crippen molar-refractivity contribution in [2.24, 2.45) is 0 Å². The van der Waals surface area contributed by atoms with Crippen molar-refractivity contribution in [2.75, 3.05) is 0 Å². The van der Waals surface area contributed by atoms with E-state index in [0.29, 0.717) is 5.56 Å². The lowest BCUT2D eigenvalue weighted by atomic mass is 9.96. The van der Waals surface area contributed by atoms with E-state index in [1.807, 2.05) is 0 Å². The van der Waals surface area contributed by atoms with Gasteiger partial charge in [-0.2, -0.15) is 0 Å². The summed E-state index contributed by atoms with van der Waals surface area (Å²) in [7, 11) is 0. The Labute approximate surface area is 141 Å². The number of aliphatic carboxylic acids is 1. The van der Waals surface area contributed by atoms with Crippen LogP contribution in [0.3, 0.4) is 0 Å². The van der Waals surface area contributed by atoms with E-state index in [2.05, 4.69) is 4.74 Å². The van der Waals surface area contributed by atoms with Crippen LogP contribution in [-0.2, 0) is 11.2 Å². The fraction of sp³-hybridized carbons (Fsp3) is 0.235. The van der Waals surface area contributed by atoms with Gasteiger partial charge in [0.1, 0.15) is 17.2 Å². The van der Waals surface area contributed by atoms with Gasteiger partial charge in [-0.25, -0.2) is 4.79 Å². The van der Waals surface area contributed by atoms with Gasteiger partial charge in [0.2, 0.25) is 5.60 Å². The molecule has 0 bridgehead atoms. The highest BCUT2D eigenvalue weighted by Gasteiger charge is 2.36. The molecule has 2 aromatic rings. The second kappa shape index (κ2) is 6.92. The van der Waals surface area contributed by atoms with Crippen molar-refractivity contribution in [3.8, 4) is 17.2 Å². The van der Waals surface area contributed by atoms with Crippen LogP contribution in [0.1, 0.15) is 12.5 Å². The lowest BCUT2D eigenvalue weighted by molar-refractivity contribution is -0.274. The highest BCUT2D eigenvalue weighted by Crippen LogP contribution is 2.28. The number of phenols is 1. The van der Waals surface area contributed by atoms with Crippen LogP contribution >= 0.6 is 0 Å². The molecule has 8 heteroatoms. The molecule has 0 heterocycles. The lowest BCUT2D eigenvalue weighted by Crippen LogP contribution is -2.43. The molecule has 0 saturated carbocycles. The number of carboxylic acid groups (broad SMARTS) is 1. The Bertz CT molecular complexity index is 725. The summed E-state index contributed by atoms with van der Waals surface area (Å²) in [5.74, 6) is -1.55. The van der Waals surface area contributed by atoms with E-state index in [-0.39, 0.29) is 17.9 Å². The molecule has 0 aliphatic rings. The number of rotatable bonds is 6. The van der Waals surface area contributed by atoms with E-state index in [0.717, 1.165) is 12.1 Å². The van der Waals surface area contributed by atoms with Gasteiger partial charge in [-0.1, -0.05) is 12.1 Å².